The van der Waals surface area contributed by atoms with E-state index in [1.54, 1.807) is 12.1 Å². The van der Waals surface area contributed by atoms with Crippen molar-refractivity contribution in [3.63, 3.8) is 0 Å². The summed E-state index contributed by atoms with van der Waals surface area (Å²) in [6.07, 6.45) is 1.71. The Balaban J connectivity index is 1.55. The second-order valence-electron chi connectivity index (χ2n) is 8.26. The average Bonchev–Trinajstić information content (AvgIpc) is 3.14. The first-order valence-corrected chi connectivity index (χ1v) is 10.3. The van der Waals surface area contributed by atoms with Crippen molar-refractivity contribution >= 4 is 17.7 Å². The molecule has 2 heterocycles. The predicted octanol–water partition coefficient (Wildman–Crippen LogP) is 4.86. The number of nitriles is 1. The van der Waals surface area contributed by atoms with Crippen LogP contribution in [0.2, 0.25) is 0 Å². The maximum absolute atomic E-state index is 8.96. The molecular weight excluding hydrogens is 386 g/mol. The van der Waals surface area contributed by atoms with E-state index in [1.807, 2.05) is 18.3 Å². The van der Waals surface area contributed by atoms with E-state index in [4.69, 9.17) is 10.00 Å². The van der Waals surface area contributed by atoms with Crippen LogP contribution in [0.3, 0.4) is 0 Å². The highest BCUT2D eigenvalue weighted by atomic mass is 16.5. The number of nitrogens with zero attached hydrogens (tertiary/aromatic N) is 3. The van der Waals surface area contributed by atoms with E-state index >= 15 is 0 Å². The van der Waals surface area contributed by atoms with E-state index in [2.05, 4.69) is 72.4 Å². The minimum atomic E-state index is -0.148. The van der Waals surface area contributed by atoms with Crippen molar-refractivity contribution in [3.05, 3.63) is 76.0 Å². The van der Waals surface area contributed by atoms with Crippen LogP contribution in [0.4, 0.5) is 11.5 Å². The van der Waals surface area contributed by atoms with Gasteiger partial charge in [0.1, 0.15) is 17.7 Å². The molecule has 6 heteroatoms. The Morgan fingerprint density at radius 2 is 1.87 bits per heavy atom. The Bertz CT molecular complexity index is 1130. The maximum atomic E-state index is 8.96. The van der Waals surface area contributed by atoms with Crippen molar-refractivity contribution < 1.29 is 4.74 Å². The standard InChI is InChI=1S/C25H27N5O/c1-16-9-19(15-30(3)4)10-17(2)25(16)31-23-14-27-13-22-21(23)11-24(29-22)28-20-7-5-18(12-26)6-8-20/h5-11,13,23,28-29H,14-15H2,1-4H3. The Kier molecular flexibility index (Phi) is 5.79. The molecule has 1 atom stereocenters. The molecule has 1 aliphatic heterocycles. The number of nitrogens with one attached hydrogen (secondary N) is 2. The number of H-pyrrole nitrogens is 1. The van der Waals surface area contributed by atoms with Crippen molar-refractivity contribution in [1.29, 1.82) is 5.26 Å². The smallest absolute Gasteiger partial charge is 0.145 e. The molecule has 1 aliphatic rings. The van der Waals surface area contributed by atoms with E-state index in [9.17, 15) is 0 Å². The molecular formula is C25H27N5O. The third-order valence-electron chi connectivity index (χ3n) is 5.29. The molecule has 0 saturated heterocycles. The Hall–Kier alpha value is -3.56. The van der Waals surface area contributed by atoms with Crippen LogP contribution in [0, 0.1) is 25.2 Å². The van der Waals surface area contributed by atoms with Gasteiger partial charge in [0.25, 0.3) is 0 Å². The van der Waals surface area contributed by atoms with E-state index in [-0.39, 0.29) is 6.10 Å². The molecule has 4 rings (SSSR count). The first kappa shape index (κ1) is 20.7. The topological polar surface area (TPSA) is 76.4 Å². The third-order valence-corrected chi connectivity index (χ3v) is 5.29. The minimum absolute atomic E-state index is 0.148. The van der Waals surface area contributed by atoms with Gasteiger partial charge in [0, 0.05) is 24.0 Å². The third kappa shape index (κ3) is 4.62. The van der Waals surface area contributed by atoms with E-state index in [0.717, 1.165) is 46.2 Å². The molecule has 0 fully saturated rings. The number of aryl methyl sites for hydroxylation is 2. The Labute approximate surface area is 183 Å². The summed E-state index contributed by atoms with van der Waals surface area (Å²) in [5.74, 6) is 1.80. The lowest BCUT2D eigenvalue weighted by Crippen LogP contribution is -2.17. The molecule has 0 saturated carbocycles. The summed E-state index contributed by atoms with van der Waals surface area (Å²) in [6, 6.07) is 16.0. The number of anilines is 2. The van der Waals surface area contributed by atoms with Crippen LogP contribution < -0.4 is 10.1 Å². The lowest BCUT2D eigenvalue weighted by atomic mass is 10.0. The second kappa shape index (κ2) is 8.66. The summed E-state index contributed by atoms with van der Waals surface area (Å²) in [5.41, 5.74) is 7.15. The van der Waals surface area contributed by atoms with Gasteiger partial charge in [-0.25, -0.2) is 0 Å². The number of hydrogen-bond acceptors (Lipinski definition) is 5. The SMILES string of the molecule is Cc1cc(CN(C)C)cc(C)c1OC1CN=Cc2[nH]c(Nc3ccc(C#N)cc3)cc21. The van der Waals surface area contributed by atoms with Gasteiger partial charge in [-0.2, -0.15) is 5.26 Å². The van der Waals surface area contributed by atoms with Crippen LogP contribution in [-0.4, -0.2) is 36.7 Å². The summed E-state index contributed by atoms with van der Waals surface area (Å²) in [6.45, 7) is 5.69. The van der Waals surface area contributed by atoms with Crippen LogP contribution in [0.25, 0.3) is 0 Å². The maximum Gasteiger partial charge on any atom is 0.145 e. The lowest BCUT2D eigenvalue weighted by molar-refractivity contribution is 0.210. The first-order chi connectivity index (χ1) is 14.9. The molecule has 3 aromatic rings. The summed E-state index contributed by atoms with van der Waals surface area (Å²) in [4.78, 5) is 10.0. The van der Waals surface area contributed by atoms with Crippen molar-refractivity contribution in [1.82, 2.24) is 9.88 Å². The normalized spacial score (nSPS) is 14.9. The number of aromatic amines is 1. The van der Waals surface area contributed by atoms with Gasteiger partial charge in [0.05, 0.1) is 23.9 Å². The number of aromatic nitrogens is 1. The summed E-state index contributed by atoms with van der Waals surface area (Å²) in [5, 5.41) is 12.3. The molecule has 1 unspecified atom stereocenters. The van der Waals surface area contributed by atoms with Gasteiger partial charge in [-0.05, 0) is 75.0 Å². The highest BCUT2D eigenvalue weighted by molar-refractivity contribution is 5.83. The number of hydrogen-bond donors (Lipinski definition) is 2. The first-order valence-electron chi connectivity index (χ1n) is 10.3. The molecule has 6 nitrogen and oxygen atoms in total. The van der Waals surface area contributed by atoms with Crippen molar-refractivity contribution in [3.8, 4) is 11.8 Å². The fourth-order valence-corrected chi connectivity index (χ4v) is 3.97. The van der Waals surface area contributed by atoms with Crippen LogP contribution in [-0.2, 0) is 6.54 Å². The van der Waals surface area contributed by atoms with Crippen LogP contribution in [0.15, 0.2) is 47.5 Å². The second-order valence-corrected chi connectivity index (χ2v) is 8.26. The number of ether oxygens (including phenoxy) is 1. The van der Waals surface area contributed by atoms with Gasteiger partial charge in [-0.3, -0.25) is 4.99 Å². The minimum Gasteiger partial charge on any atom is -0.483 e. The zero-order valence-electron chi connectivity index (χ0n) is 18.4. The number of rotatable bonds is 6. The van der Waals surface area contributed by atoms with Crippen molar-refractivity contribution in [2.24, 2.45) is 4.99 Å². The van der Waals surface area contributed by atoms with Crippen LogP contribution in [0.1, 0.15) is 39.6 Å². The zero-order chi connectivity index (χ0) is 22.0. The van der Waals surface area contributed by atoms with E-state index in [0.29, 0.717) is 12.1 Å². The predicted molar refractivity (Wildman–Crippen MR) is 124 cm³/mol. The fourth-order valence-electron chi connectivity index (χ4n) is 3.97. The zero-order valence-corrected chi connectivity index (χ0v) is 18.4. The largest absolute Gasteiger partial charge is 0.483 e. The Morgan fingerprint density at radius 3 is 2.52 bits per heavy atom. The monoisotopic (exact) mass is 413 g/mol. The molecule has 0 aliphatic carbocycles. The number of benzene rings is 2. The molecule has 0 bridgehead atoms. The molecule has 158 valence electrons. The van der Waals surface area contributed by atoms with Gasteiger partial charge in [-0.15, -0.1) is 0 Å². The molecule has 2 N–H and O–H groups in total. The van der Waals surface area contributed by atoms with Gasteiger partial charge in [0.15, 0.2) is 0 Å². The molecule has 1 aromatic heterocycles. The molecule has 2 aromatic carbocycles. The average molecular weight is 414 g/mol. The summed E-state index contributed by atoms with van der Waals surface area (Å²) >= 11 is 0. The number of fused-ring (bicyclic) bond motifs is 1. The van der Waals surface area contributed by atoms with Gasteiger partial charge in [-0.1, -0.05) is 12.1 Å². The quantitative estimate of drug-likeness (QED) is 0.605. The summed E-state index contributed by atoms with van der Waals surface area (Å²) < 4.78 is 6.49. The Morgan fingerprint density at radius 1 is 1.16 bits per heavy atom. The van der Waals surface area contributed by atoms with E-state index in [1.165, 1.54) is 5.56 Å². The molecule has 0 radical (unpaired) electrons. The molecule has 31 heavy (non-hydrogen) atoms. The highest BCUT2D eigenvalue weighted by Gasteiger charge is 2.24. The molecule has 0 amide bonds. The van der Waals surface area contributed by atoms with Gasteiger partial charge >= 0.3 is 0 Å². The van der Waals surface area contributed by atoms with Gasteiger partial charge in [0.2, 0.25) is 0 Å². The van der Waals surface area contributed by atoms with Crippen LogP contribution in [0.5, 0.6) is 5.75 Å². The summed E-state index contributed by atoms with van der Waals surface area (Å²) in [7, 11) is 4.15. The fraction of sp³-hybridized carbons (Fsp3) is 0.280. The van der Waals surface area contributed by atoms with Crippen molar-refractivity contribution in [2.75, 3.05) is 26.0 Å². The van der Waals surface area contributed by atoms with Crippen molar-refractivity contribution in [2.45, 2.75) is 26.5 Å². The lowest BCUT2D eigenvalue weighted by Gasteiger charge is -2.23. The number of aliphatic imine (C=N–C) groups is 1. The van der Waals surface area contributed by atoms with Gasteiger partial charge < -0.3 is 19.9 Å². The highest BCUT2D eigenvalue weighted by Crippen LogP contribution is 2.34. The molecule has 0 spiro atoms. The van der Waals surface area contributed by atoms with Crippen LogP contribution >= 0.6 is 0 Å². The van der Waals surface area contributed by atoms with E-state index < -0.39 is 0 Å².